The van der Waals surface area contributed by atoms with Crippen molar-refractivity contribution in [2.75, 3.05) is 7.05 Å². The van der Waals surface area contributed by atoms with E-state index in [1.165, 1.54) is 0 Å². The molecule has 0 aromatic carbocycles. The van der Waals surface area contributed by atoms with Crippen LogP contribution in [0, 0.1) is 0 Å². The molecule has 0 spiro atoms. The maximum atomic E-state index is 10.8. The van der Waals surface area contributed by atoms with Crippen LogP contribution < -0.4 is 10.6 Å². The molecule has 0 radical (unpaired) electrons. The highest BCUT2D eigenvalue weighted by Crippen LogP contribution is 1.95. The first kappa shape index (κ1) is 12.0. The molecule has 0 aliphatic rings. The molecule has 0 aromatic heterocycles. The van der Waals surface area contributed by atoms with Crippen LogP contribution in [0.5, 0.6) is 0 Å². The number of nitrogens with one attached hydrogen (secondary N) is 2. The minimum atomic E-state index is 0.116. The Hall–Kier alpha value is -0.990. The molecule has 0 rings (SSSR count). The van der Waals surface area contributed by atoms with Crippen LogP contribution in [0.1, 0.15) is 33.1 Å². The van der Waals surface area contributed by atoms with Crippen molar-refractivity contribution in [2.24, 2.45) is 0 Å². The summed E-state index contributed by atoms with van der Waals surface area (Å²) >= 11 is 0. The van der Waals surface area contributed by atoms with Gasteiger partial charge in [0.2, 0.25) is 5.91 Å². The summed E-state index contributed by atoms with van der Waals surface area (Å²) in [5.41, 5.74) is 0. The number of carbonyl (C=O) groups excluding carboxylic acids is 1. The molecule has 0 atom stereocenters. The SMILES string of the molecule is CNC(=O)CCC/C=C\NC(C)C. The van der Waals surface area contributed by atoms with Crippen molar-refractivity contribution in [3.63, 3.8) is 0 Å². The molecule has 0 aliphatic carbocycles. The third-order valence-electron chi connectivity index (χ3n) is 1.60. The number of rotatable bonds is 6. The molecular weight excluding hydrogens is 164 g/mol. The Bertz CT molecular complexity index is 164. The molecule has 0 fully saturated rings. The van der Waals surface area contributed by atoms with Gasteiger partial charge in [-0.1, -0.05) is 6.08 Å². The zero-order chi connectivity index (χ0) is 10.1. The minimum Gasteiger partial charge on any atom is -0.389 e. The number of carbonyl (C=O) groups is 1. The lowest BCUT2D eigenvalue weighted by atomic mass is 10.2. The van der Waals surface area contributed by atoms with Gasteiger partial charge in [0.15, 0.2) is 0 Å². The molecular formula is C10H20N2O. The average molecular weight is 184 g/mol. The second-order valence-electron chi connectivity index (χ2n) is 3.29. The number of unbranched alkanes of at least 4 members (excludes halogenated alkanes) is 1. The largest absolute Gasteiger partial charge is 0.389 e. The Kier molecular flexibility index (Phi) is 7.07. The van der Waals surface area contributed by atoms with Crippen LogP contribution >= 0.6 is 0 Å². The van der Waals surface area contributed by atoms with Gasteiger partial charge in [-0.3, -0.25) is 4.79 Å². The van der Waals surface area contributed by atoms with Gasteiger partial charge in [0, 0.05) is 19.5 Å². The second-order valence-corrected chi connectivity index (χ2v) is 3.29. The third-order valence-corrected chi connectivity index (χ3v) is 1.60. The van der Waals surface area contributed by atoms with E-state index in [9.17, 15) is 4.79 Å². The van der Waals surface area contributed by atoms with E-state index < -0.39 is 0 Å². The maximum Gasteiger partial charge on any atom is 0.219 e. The van der Waals surface area contributed by atoms with Crippen LogP contribution in [0.25, 0.3) is 0 Å². The predicted molar refractivity (Wildman–Crippen MR) is 55.3 cm³/mol. The van der Waals surface area contributed by atoms with Crippen LogP contribution in [0.3, 0.4) is 0 Å². The highest BCUT2D eigenvalue weighted by atomic mass is 16.1. The molecule has 0 aliphatic heterocycles. The summed E-state index contributed by atoms with van der Waals surface area (Å²) in [6, 6.07) is 0.482. The van der Waals surface area contributed by atoms with Gasteiger partial charge in [-0.15, -0.1) is 0 Å². The van der Waals surface area contributed by atoms with Crippen LogP contribution in [0.15, 0.2) is 12.3 Å². The molecule has 13 heavy (non-hydrogen) atoms. The average Bonchev–Trinajstić information content (AvgIpc) is 2.10. The van der Waals surface area contributed by atoms with E-state index in [2.05, 4.69) is 30.6 Å². The summed E-state index contributed by atoms with van der Waals surface area (Å²) in [5.74, 6) is 0.116. The van der Waals surface area contributed by atoms with E-state index in [-0.39, 0.29) is 5.91 Å². The second kappa shape index (κ2) is 7.65. The molecule has 0 saturated heterocycles. The van der Waals surface area contributed by atoms with Crippen molar-refractivity contribution in [1.29, 1.82) is 0 Å². The smallest absolute Gasteiger partial charge is 0.219 e. The van der Waals surface area contributed by atoms with E-state index >= 15 is 0 Å². The van der Waals surface area contributed by atoms with Gasteiger partial charge in [-0.25, -0.2) is 0 Å². The molecule has 0 saturated carbocycles. The quantitative estimate of drug-likeness (QED) is 0.613. The first-order valence-electron chi connectivity index (χ1n) is 4.78. The Morgan fingerprint density at radius 3 is 2.69 bits per heavy atom. The van der Waals surface area contributed by atoms with Gasteiger partial charge in [-0.2, -0.15) is 0 Å². The predicted octanol–water partition coefficient (Wildman–Crippen LogP) is 1.41. The number of allylic oxidation sites excluding steroid dienone is 1. The van der Waals surface area contributed by atoms with Crippen molar-refractivity contribution < 1.29 is 4.79 Å². The molecule has 0 unspecified atom stereocenters. The van der Waals surface area contributed by atoms with E-state index in [0.717, 1.165) is 12.8 Å². The van der Waals surface area contributed by atoms with E-state index in [1.54, 1.807) is 7.05 Å². The Morgan fingerprint density at radius 2 is 2.15 bits per heavy atom. The Labute approximate surface area is 80.6 Å². The number of hydrogen-bond acceptors (Lipinski definition) is 2. The van der Waals surface area contributed by atoms with E-state index in [4.69, 9.17) is 0 Å². The summed E-state index contributed by atoms with van der Waals surface area (Å²) < 4.78 is 0. The molecule has 76 valence electrons. The molecule has 0 bridgehead atoms. The lowest BCUT2D eigenvalue weighted by Gasteiger charge is -2.02. The summed E-state index contributed by atoms with van der Waals surface area (Å²) in [5, 5.41) is 5.76. The topological polar surface area (TPSA) is 41.1 Å². The first-order chi connectivity index (χ1) is 6.16. The maximum absolute atomic E-state index is 10.8. The van der Waals surface area contributed by atoms with Crippen LogP contribution in [0.2, 0.25) is 0 Å². The normalized spacial score (nSPS) is 10.8. The molecule has 3 nitrogen and oxygen atoms in total. The number of hydrogen-bond donors (Lipinski definition) is 2. The van der Waals surface area contributed by atoms with E-state index in [1.807, 2.05) is 6.20 Å². The minimum absolute atomic E-state index is 0.116. The Morgan fingerprint density at radius 1 is 1.46 bits per heavy atom. The molecule has 0 heterocycles. The lowest BCUT2D eigenvalue weighted by molar-refractivity contribution is -0.120. The van der Waals surface area contributed by atoms with Crippen LogP contribution in [-0.2, 0) is 4.79 Å². The van der Waals surface area contributed by atoms with Gasteiger partial charge in [0.1, 0.15) is 0 Å². The fraction of sp³-hybridized carbons (Fsp3) is 0.700. The summed E-state index contributed by atoms with van der Waals surface area (Å²) in [7, 11) is 1.67. The monoisotopic (exact) mass is 184 g/mol. The third kappa shape index (κ3) is 8.92. The van der Waals surface area contributed by atoms with Crippen molar-refractivity contribution in [1.82, 2.24) is 10.6 Å². The van der Waals surface area contributed by atoms with Crippen molar-refractivity contribution in [2.45, 2.75) is 39.2 Å². The standard InChI is InChI=1S/C10H20N2O/c1-9(2)12-8-6-4-5-7-10(13)11-3/h6,8-9,12H,4-5,7H2,1-3H3,(H,11,13)/b8-6-. The molecule has 3 heteroatoms. The number of amides is 1. The zero-order valence-corrected chi connectivity index (χ0v) is 8.76. The van der Waals surface area contributed by atoms with Crippen LogP contribution in [-0.4, -0.2) is 19.0 Å². The van der Waals surface area contributed by atoms with Gasteiger partial charge in [-0.05, 0) is 32.9 Å². The van der Waals surface area contributed by atoms with Gasteiger partial charge in [0.05, 0.1) is 0 Å². The van der Waals surface area contributed by atoms with Crippen molar-refractivity contribution in [3.8, 4) is 0 Å². The Balaban J connectivity index is 3.25. The molecule has 0 aromatic rings. The van der Waals surface area contributed by atoms with Crippen molar-refractivity contribution in [3.05, 3.63) is 12.3 Å². The molecule has 2 N–H and O–H groups in total. The first-order valence-corrected chi connectivity index (χ1v) is 4.78. The molecule has 1 amide bonds. The van der Waals surface area contributed by atoms with E-state index in [0.29, 0.717) is 12.5 Å². The van der Waals surface area contributed by atoms with Gasteiger partial charge < -0.3 is 10.6 Å². The summed E-state index contributed by atoms with van der Waals surface area (Å²) in [6.45, 7) is 4.18. The summed E-state index contributed by atoms with van der Waals surface area (Å²) in [4.78, 5) is 10.8. The summed E-state index contributed by atoms with van der Waals surface area (Å²) in [6.07, 6.45) is 6.49. The fourth-order valence-corrected chi connectivity index (χ4v) is 0.849. The van der Waals surface area contributed by atoms with Gasteiger partial charge >= 0.3 is 0 Å². The van der Waals surface area contributed by atoms with Crippen LogP contribution in [0.4, 0.5) is 0 Å². The fourth-order valence-electron chi connectivity index (χ4n) is 0.849. The zero-order valence-electron chi connectivity index (χ0n) is 8.76. The highest BCUT2D eigenvalue weighted by Gasteiger charge is 1.94. The van der Waals surface area contributed by atoms with Gasteiger partial charge in [0.25, 0.3) is 0 Å². The van der Waals surface area contributed by atoms with Crippen molar-refractivity contribution >= 4 is 5.91 Å². The lowest BCUT2D eigenvalue weighted by Crippen LogP contribution is -2.17. The highest BCUT2D eigenvalue weighted by molar-refractivity contribution is 5.75.